The number of fused-ring (bicyclic) bond motifs is 2. The molecule has 2 aliphatic heterocycles. The van der Waals surface area contributed by atoms with Gasteiger partial charge < -0.3 is 9.47 Å². The van der Waals surface area contributed by atoms with Crippen LogP contribution in [-0.2, 0) is 9.47 Å². The van der Waals surface area contributed by atoms with Crippen LogP contribution >= 0.6 is 0 Å². The number of hydrogen-bond acceptors (Lipinski definition) is 6. The molecule has 24 heavy (non-hydrogen) atoms. The summed E-state index contributed by atoms with van der Waals surface area (Å²) in [5.74, 6) is -2.71. The van der Waals surface area contributed by atoms with Crippen molar-refractivity contribution in [2.45, 2.75) is 13.8 Å². The van der Waals surface area contributed by atoms with E-state index in [-0.39, 0.29) is 22.3 Å². The Morgan fingerprint density at radius 3 is 1.12 bits per heavy atom. The van der Waals surface area contributed by atoms with Crippen molar-refractivity contribution >= 4 is 23.9 Å². The van der Waals surface area contributed by atoms with E-state index in [0.717, 1.165) is 11.1 Å². The van der Waals surface area contributed by atoms with Gasteiger partial charge in [-0.2, -0.15) is 0 Å². The maximum atomic E-state index is 11.8. The molecule has 0 bridgehead atoms. The zero-order valence-electron chi connectivity index (χ0n) is 12.8. The Morgan fingerprint density at radius 1 is 0.500 bits per heavy atom. The van der Waals surface area contributed by atoms with Crippen LogP contribution in [-0.4, -0.2) is 23.9 Å². The first-order chi connectivity index (χ1) is 11.4. The molecule has 0 aromatic heterocycles. The molecule has 0 fully saturated rings. The minimum Gasteiger partial charge on any atom is -0.386 e. The first kappa shape index (κ1) is 14.3. The van der Waals surface area contributed by atoms with Crippen molar-refractivity contribution in [3.8, 4) is 11.1 Å². The van der Waals surface area contributed by atoms with Crippen molar-refractivity contribution in [2.24, 2.45) is 0 Å². The van der Waals surface area contributed by atoms with Crippen LogP contribution in [0.1, 0.15) is 52.6 Å². The number of rotatable bonds is 1. The second kappa shape index (κ2) is 4.61. The fraction of sp³-hybridized carbons (Fsp3) is 0.111. The van der Waals surface area contributed by atoms with Gasteiger partial charge >= 0.3 is 23.9 Å². The summed E-state index contributed by atoms with van der Waals surface area (Å²) in [4.78, 5) is 46.8. The normalized spacial score (nSPS) is 15.2. The summed E-state index contributed by atoms with van der Waals surface area (Å²) < 4.78 is 9.23. The number of benzene rings is 2. The van der Waals surface area contributed by atoms with E-state index >= 15 is 0 Å². The van der Waals surface area contributed by atoms with E-state index in [9.17, 15) is 19.2 Å². The molecule has 4 rings (SSSR count). The van der Waals surface area contributed by atoms with Gasteiger partial charge in [-0.1, -0.05) is 0 Å². The molecule has 2 aromatic rings. The first-order valence-electron chi connectivity index (χ1n) is 7.19. The number of ether oxygens (including phenoxy) is 2. The molecule has 2 aromatic carbocycles. The van der Waals surface area contributed by atoms with Crippen LogP contribution in [0.3, 0.4) is 0 Å². The zero-order valence-corrected chi connectivity index (χ0v) is 12.8. The van der Waals surface area contributed by atoms with Crippen LogP contribution in [0.25, 0.3) is 11.1 Å². The Hall–Kier alpha value is -3.28. The van der Waals surface area contributed by atoms with Crippen LogP contribution in [0.15, 0.2) is 24.3 Å². The summed E-state index contributed by atoms with van der Waals surface area (Å²) in [5, 5.41) is 0. The molecule has 0 radical (unpaired) electrons. The average molecular weight is 322 g/mol. The fourth-order valence-electron chi connectivity index (χ4n) is 3.06. The van der Waals surface area contributed by atoms with E-state index in [1.807, 2.05) is 0 Å². The van der Waals surface area contributed by atoms with E-state index in [1.165, 1.54) is 0 Å². The van der Waals surface area contributed by atoms with E-state index in [2.05, 4.69) is 9.47 Å². The molecule has 0 amide bonds. The number of cyclic esters (lactones) is 4. The molecule has 2 heterocycles. The zero-order chi connectivity index (χ0) is 17.2. The van der Waals surface area contributed by atoms with Crippen molar-refractivity contribution in [1.29, 1.82) is 0 Å². The highest BCUT2D eigenvalue weighted by molar-refractivity contribution is 6.17. The summed E-state index contributed by atoms with van der Waals surface area (Å²) in [6, 6.07) is 6.34. The second-order valence-corrected chi connectivity index (χ2v) is 5.78. The SMILES string of the molecule is Cc1cc2c(cc1-c1cc3c(cc1C)C(=O)OC3=O)C(=O)OC2=O. The highest BCUT2D eigenvalue weighted by Crippen LogP contribution is 2.35. The summed E-state index contributed by atoms with van der Waals surface area (Å²) in [6.45, 7) is 3.59. The van der Waals surface area contributed by atoms with Gasteiger partial charge in [-0.3, -0.25) is 0 Å². The number of carbonyl (C=O) groups excluding carboxylic acids is 4. The van der Waals surface area contributed by atoms with E-state index < -0.39 is 23.9 Å². The standard InChI is InChI=1S/C18H10O6/c1-7-3-11-13(17(21)23-15(11)19)5-9(7)10-6-14-12(4-8(10)2)16(20)24-18(14)22/h3-6H,1-2H3. The Labute approximate surface area is 136 Å². The quantitative estimate of drug-likeness (QED) is 0.592. The van der Waals surface area contributed by atoms with E-state index in [1.54, 1.807) is 38.1 Å². The molecule has 0 N–H and O–H groups in total. The van der Waals surface area contributed by atoms with Gasteiger partial charge in [-0.15, -0.1) is 0 Å². The van der Waals surface area contributed by atoms with Gasteiger partial charge in [0.1, 0.15) is 0 Å². The van der Waals surface area contributed by atoms with Crippen LogP contribution in [0.4, 0.5) is 0 Å². The molecule has 0 unspecified atom stereocenters. The molecule has 6 nitrogen and oxygen atoms in total. The van der Waals surface area contributed by atoms with Gasteiger partial charge in [0, 0.05) is 0 Å². The van der Waals surface area contributed by atoms with Crippen LogP contribution < -0.4 is 0 Å². The van der Waals surface area contributed by atoms with Gasteiger partial charge in [-0.25, -0.2) is 19.2 Å². The lowest BCUT2D eigenvalue weighted by molar-refractivity contribution is 0.0425. The largest absolute Gasteiger partial charge is 0.386 e. The summed E-state index contributed by atoms with van der Waals surface area (Å²) in [7, 11) is 0. The molecule has 118 valence electrons. The first-order valence-corrected chi connectivity index (χ1v) is 7.19. The number of hydrogen-bond donors (Lipinski definition) is 0. The Morgan fingerprint density at radius 2 is 0.792 bits per heavy atom. The lowest BCUT2D eigenvalue weighted by atomic mass is 9.90. The van der Waals surface area contributed by atoms with E-state index in [4.69, 9.17) is 0 Å². The second-order valence-electron chi connectivity index (χ2n) is 5.78. The van der Waals surface area contributed by atoms with Crippen LogP contribution in [0, 0.1) is 13.8 Å². The number of aryl methyl sites for hydroxylation is 2. The van der Waals surface area contributed by atoms with Crippen molar-refractivity contribution in [1.82, 2.24) is 0 Å². The molecule has 0 saturated carbocycles. The van der Waals surface area contributed by atoms with Gasteiger partial charge in [0.05, 0.1) is 22.3 Å². The topological polar surface area (TPSA) is 86.7 Å². The lowest BCUT2D eigenvalue weighted by Crippen LogP contribution is -1.99. The molecule has 0 spiro atoms. The summed E-state index contributed by atoms with van der Waals surface area (Å²) in [6.07, 6.45) is 0. The molecule has 2 aliphatic rings. The predicted molar refractivity (Wildman–Crippen MR) is 80.8 cm³/mol. The molecule has 6 heteroatoms. The Balaban J connectivity index is 1.95. The highest BCUT2D eigenvalue weighted by Gasteiger charge is 2.33. The van der Waals surface area contributed by atoms with Gasteiger partial charge in [0.25, 0.3) is 0 Å². The van der Waals surface area contributed by atoms with Crippen molar-refractivity contribution < 1.29 is 28.7 Å². The third-order valence-corrected chi connectivity index (χ3v) is 4.27. The van der Waals surface area contributed by atoms with Crippen molar-refractivity contribution in [3.05, 3.63) is 57.6 Å². The predicted octanol–water partition coefficient (Wildman–Crippen LogP) is 2.59. The van der Waals surface area contributed by atoms with Crippen molar-refractivity contribution in [2.75, 3.05) is 0 Å². The molecular formula is C18H10O6. The molecule has 0 saturated heterocycles. The van der Waals surface area contributed by atoms with Gasteiger partial charge in [-0.05, 0) is 60.4 Å². The van der Waals surface area contributed by atoms with Gasteiger partial charge in [0.15, 0.2) is 0 Å². The van der Waals surface area contributed by atoms with Crippen LogP contribution in [0.2, 0.25) is 0 Å². The fourth-order valence-corrected chi connectivity index (χ4v) is 3.06. The third-order valence-electron chi connectivity index (χ3n) is 4.27. The maximum Gasteiger partial charge on any atom is 0.346 e. The minimum atomic E-state index is -0.690. The minimum absolute atomic E-state index is 0.194. The highest BCUT2D eigenvalue weighted by atomic mass is 16.6. The number of esters is 4. The maximum absolute atomic E-state index is 11.8. The molecule has 0 atom stereocenters. The van der Waals surface area contributed by atoms with Crippen LogP contribution in [0.5, 0.6) is 0 Å². The monoisotopic (exact) mass is 322 g/mol. The molecular weight excluding hydrogens is 312 g/mol. The van der Waals surface area contributed by atoms with Gasteiger partial charge in [0.2, 0.25) is 0 Å². The summed E-state index contributed by atoms with van der Waals surface area (Å²) in [5.41, 5.74) is 3.73. The van der Waals surface area contributed by atoms with E-state index in [0.29, 0.717) is 11.1 Å². The smallest absolute Gasteiger partial charge is 0.346 e. The molecule has 0 aliphatic carbocycles. The van der Waals surface area contributed by atoms with Crippen molar-refractivity contribution in [3.63, 3.8) is 0 Å². The Kier molecular flexibility index (Phi) is 2.75. The lowest BCUT2D eigenvalue weighted by Gasteiger charge is -2.11. The third kappa shape index (κ3) is 1.83. The summed E-state index contributed by atoms with van der Waals surface area (Å²) >= 11 is 0. The average Bonchev–Trinajstić information content (AvgIpc) is 2.95. The Bertz CT molecular complexity index is 918. The number of carbonyl (C=O) groups is 4.